The molecule has 3 rings (SSSR count). The summed E-state index contributed by atoms with van der Waals surface area (Å²) in [4.78, 5) is 6.07. The lowest BCUT2D eigenvalue weighted by Gasteiger charge is -2.31. The van der Waals surface area contributed by atoms with Crippen LogP contribution in [0.25, 0.3) is 5.57 Å². The Morgan fingerprint density at radius 2 is 2.18 bits per heavy atom. The minimum Gasteiger partial charge on any atom is -0.395 e. The zero-order chi connectivity index (χ0) is 20.3. The fourth-order valence-electron chi connectivity index (χ4n) is 3.71. The molecule has 1 aromatic carbocycles. The standard InChI is InChI=1S/C20H21F3N4O/c1-2-27(17-6-4-15(11-24)18(10-17)20(21,22)23)16-5-3-14(9-16)19-12-25-13-26(19)7-8-28/h3-4,6,10,12-13,16,28H,2,5,7-9H2,1H3. The molecule has 0 amide bonds. The molecular formula is C20H21F3N4O. The molecule has 1 unspecified atom stereocenters. The maximum atomic E-state index is 13.3. The van der Waals surface area contributed by atoms with Gasteiger partial charge in [0.05, 0.1) is 42.0 Å². The summed E-state index contributed by atoms with van der Waals surface area (Å²) in [7, 11) is 0. The van der Waals surface area contributed by atoms with Gasteiger partial charge < -0.3 is 14.6 Å². The van der Waals surface area contributed by atoms with Crippen molar-refractivity contribution >= 4 is 11.3 Å². The van der Waals surface area contributed by atoms with Gasteiger partial charge >= 0.3 is 6.18 Å². The van der Waals surface area contributed by atoms with Crippen LogP contribution < -0.4 is 4.90 Å². The maximum Gasteiger partial charge on any atom is 0.417 e. The number of nitriles is 1. The summed E-state index contributed by atoms with van der Waals surface area (Å²) >= 11 is 0. The zero-order valence-corrected chi connectivity index (χ0v) is 15.4. The molecule has 0 radical (unpaired) electrons. The molecule has 0 saturated heterocycles. The van der Waals surface area contributed by atoms with E-state index in [1.165, 1.54) is 6.07 Å². The third kappa shape index (κ3) is 3.90. The van der Waals surface area contributed by atoms with E-state index in [-0.39, 0.29) is 18.2 Å². The van der Waals surface area contributed by atoms with Crippen LogP contribution in [0.3, 0.4) is 0 Å². The molecule has 2 aromatic rings. The number of aliphatic hydroxyl groups excluding tert-OH is 1. The fourth-order valence-corrected chi connectivity index (χ4v) is 3.71. The third-order valence-corrected chi connectivity index (χ3v) is 5.02. The molecule has 0 fully saturated rings. The van der Waals surface area contributed by atoms with Crippen LogP contribution in [-0.4, -0.2) is 33.9 Å². The van der Waals surface area contributed by atoms with Crippen LogP contribution in [0.5, 0.6) is 0 Å². The number of hydrogen-bond donors (Lipinski definition) is 1. The van der Waals surface area contributed by atoms with Crippen LogP contribution in [0.4, 0.5) is 18.9 Å². The lowest BCUT2D eigenvalue weighted by molar-refractivity contribution is -0.137. The van der Waals surface area contributed by atoms with Crippen molar-refractivity contribution in [3.63, 3.8) is 0 Å². The van der Waals surface area contributed by atoms with Gasteiger partial charge in [0.25, 0.3) is 0 Å². The fraction of sp³-hybridized carbons (Fsp3) is 0.400. The third-order valence-electron chi connectivity index (χ3n) is 5.02. The molecule has 0 bridgehead atoms. The topological polar surface area (TPSA) is 65.1 Å². The van der Waals surface area contributed by atoms with Crippen LogP contribution in [-0.2, 0) is 12.7 Å². The van der Waals surface area contributed by atoms with Crippen molar-refractivity contribution in [3.05, 3.63) is 53.6 Å². The van der Waals surface area contributed by atoms with Gasteiger partial charge in [-0.15, -0.1) is 0 Å². The first-order chi connectivity index (χ1) is 13.4. The Labute approximate surface area is 161 Å². The van der Waals surface area contributed by atoms with Crippen molar-refractivity contribution < 1.29 is 18.3 Å². The average molecular weight is 390 g/mol. The van der Waals surface area contributed by atoms with Gasteiger partial charge in [-0.05, 0) is 43.5 Å². The maximum absolute atomic E-state index is 13.3. The van der Waals surface area contributed by atoms with E-state index in [4.69, 9.17) is 5.26 Å². The van der Waals surface area contributed by atoms with E-state index >= 15 is 0 Å². The van der Waals surface area contributed by atoms with Gasteiger partial charge in [0, 0.05) is 24.8 Å². The lowest BCUT2D eigenvalue weighted by atomic mass is 10.0. The molecule has 148 valence electrons. The predicted octanol–water partition coefficient (Wildman–Crippen LogP) is 3.84. The molecule has 1 N–H and O–H groups in total. The van der Waals surface area contributed by atoms with E-state index < -0.39 is 11.7 Å². The van der Waals surface area contributed by atoms with Gasteiger partial charge in [0.1, 0.15) is 0 Å². The Kier molecular flexibility index (Phi) is 5.75. The summed E-state index contributed by atoms with van der Waals surface area (Å²) in [6.45, 7) is 2.90. The Morgan fingerprint density at radius 3 is 2.82 bits per heavy atom. The van der Waals surface area contributed by atoms with E-state index in [1.54, 1.807) is 24.7 Å². The molecule has 0 saturated carbocycles. The van der Waals surface area contributed by atoms with E-state index in [0.29, 0.717) is 31.6 Å². The first kappa shape index (κ1) is 20.0. The highest BCUT2D eigenvalue weighted by Crippen LogP contribution is 2.37. The SMILES string of the molecule is CCN(c1ccc(C#N)c(C(F)(F)F)c1)C1CC=C(c2cncn2CCO)C1. The Bertz CT molecular complexity index is 911. The number of halogens is 3. The summed E-state index contributed by atoms with van der Waals surface area (Å²) in [6, 6.07) is 5.52. The molecule has 1 aliphatic carbocycles. The molecule has 5 nitrogen and oxygen atoms in total. The summed E-state index contributed by atoms with van der Waals surface area (Å²) in [6.07, 6.45) is 2.28. The number of aliphatic hydroxyl groups is 1. The van der Waals surface area contributed by atoms with Crippen LogP contribution >= 0.6 is 0 Å². The number of aromatic nitrogens is 2. The van der Waals surface area contributed by atoms with Crippen molar-refractivity contribution in [2.75, 3.05) is 18.1 Å². The normalized spacial score (nSPS) is 16.7. The minimum absolute atomic E-state index is 0.00656. The second-order valence-electron chi connectivity index (χ2n) is 6.64. The second-order valence-corrected chi connectivity index (χ2v) is 6.64. The van der Waals surface area contributed by atoms with E-state index in [2.05, 4.69) is 11.1 Å². The molecule has 1 heterocycles. The van der Waals surface area contributed by atoms with E-state index in [0.717, 1.165) is 17.3 Å². The summed E-state index contributed by atoms with van der Waals surface area (Å²) in [5.41, 5.74) is 1.17. The van der Waals surface area contributed by atoms with Crippen molar-refractivity contribution in [1.29, 1.82) is 5.26 Å². The average Bonchev–Trinajstić information content (AvgIpc) is 3.31. The van der Waals surface area contributed by atoms with Gasteiger partial charge in [-0.25, -0.2) is 4.98 Å². The van der Waals surface area contributed by atoms with Crippen molar-refractivity contribution in [2.45, 2.75) is 38.5 Å². The highest BCUT2D eigenvalue weighted by atomic mass is 19.4. The predicted molar refractivity (Wildman–Crippen MR) is 99.5 cm³/mol. The highest BCUT2D eigenvalue weighted by Gasteiger charge is 2.35. The molecule has 0 spiro atoms. The number of alkyl halides is 3. The number of hydrogen-bond acceptors (Lipinski definition) is 4. The van der Waals surface area contributed by atoms with Gasteiger partial charge in [0.2, 0.25) is 0 Å². The van der Waals surface area contributed by atoms with Crippen LogP contribution in [0, 0.1) is 11.3 Å². The van der Waals surface area contributed by atoms with Crippen LogP contribution in [0.15, 0.2) is 36.8 Å². The summed E-state index contributed by atoms with van der Waals surface area (Å²) in [5, 5.41) is 18.2. The number of nitrogens with zero attached hydrogens (tertiary/aromatic N) is 4. The van der Waals surface area contributed by atoms with Gasteiger partial charge in [-0.2, -0.15) is 18.4 Å². The molecule has 8 heteroatoms. The minimum atomic E-state index is -4.57. The molecular weight excluding hydrogens is 369 g/mol. The van der Waals surface area contributed by atoms with Gasteiger partial charge in [0.15, 0.2) is 0 Å². The van der Waals surface area contributed by atoms with Crippen LogP contribution in [0.2, 0.25) is 0 Å². The zero-order valence-electron chi connectivity index (χ0n) is 15.4. The Hall–Kier alpha value is -2.79. The first-order valence-corrected chi connectivity index (χ1v) is 9.07. The summed E-state index contributed by atoms with van der Waals surface area (Å²) < 4.78 is 41.8. The van der Waals surface area contributed by atoms with Gasteiger partial charge in [-0.3, -0.25) is 0 Å². The summed E-state index contributed by atoms with van der Waals surface area (Å²) in [5.74, 6) is 0. The second kappa shape index (κ2) is 8.07. The Balaban J connectivity index is 1.84. The quantitative estimate of drug-likeness (QED) is 0.814. The van der Waals surface area contributed by atoms with E-state index in [1.807, 2.05) is 16.4 Å². The monoisotopic (exact) mass is 390 g/mol. The van der Waals surface area contributed by atoms with E-state index in [9.17, 15) is 18.3 Å². The van der Waals surface area contributed by atoms with Crippen molar-refractivity contribution in [2.24, 2.45) is 0 Å². The first-order valence-electron chi connectivity index (χ1n) is 9.07. The largest absolute Gasteiger partial charge is 0.417 e. The number of benzene rings is 1. The molecule has 28 heavy (non-hydrogen) atoms. The lowest BCUT2D eigenvalue weighted by Crippen LogP contribution is -2.33. The van der Waals surface area contributed by atoms with Gasteiger partial charge in [-0.1, -0.05) is 6.08 Å². The molecule has 1 aliphatic rings. The molecule has 1 atom stereocenters. The van der Waals surface area contributed by atoms with Crippen molar-refractivity contribution in [3.8, 4) is 6.07 Å². The number of anilines is 1. The highest BCUT2D eigenvalue weighted by molar-refractivity contribution is 5.67. The number of imidazole rings is 1. The molecule has 1 aromatic heterocycles. The smallest absolute Gasteiger partial charge is 0.395 e. The Morgan fingerprint density at radius 1 is 1.39 bits per heavy atom. The molecule has 0 aliphatic heterocycles. The van der Waals surface area contributed by atoms with Crippen LogP contribution in [0.1, 0.15) is 36.6 Å². The number of rotatable bonds is 6. The van der Waals surface area contributed by atoms with Crippen molar-refractivity contribution in [1.82, 2.24) is 9.55 Å².